The van der Waals surface area contributed by atoms with E-state index in [0.717, 1.165) is 6.54 Å². The average Bonchev–Trinajstić information content (AvgIpc) is 2.72. The van der Waals surface area contributed by atoms with E-state index in [1.54, 1.807) is 17.8 Å². The number of carbonyl (C=O) groups is 2. The molecule has 0 fully saturated rings. The fourth-order valence-corrected chi connectivity index (χ4v) is 1.43. The van der Waals surface area contributed by atoms with Gasteiger partial charge in [-0.25, -0.2) is 4.79 Å². The lowest BCUT2D eigenvalue weighted by Gasteiger charge is -2.12. The van der Waals surface area contributed by atoms with Crippen LogP contribution >= 0.6 is 0 Å². The maximum atomic E-state index is 11.5. The van der Waals surface area contributed by atoms with Gasteiger partial charge in [0.25, 0.3) is 0 Å². The summed E-state index contributed by atoms with van der Waals surface area (Å²) in [6.07, 6.45) is 1.47. The fraction of sp³-hybridized carbons (Fsp3) is 0.600. The third-order valence-corrected chi connectivity index (χ3v) is 2.30. The largest absolute Gasteiger partial charge is 0.481 e. The van der Waals surface area contributed by atoms with Gasteiger partial charge in [0, 0.05) is 12.6 Å². The van der Waals surface area contributed by atoms with Crippen molar-refractivity contribution in [1.82, 2.24) is 25.4 Å². The number of urea groups is 1. The van der Waals surface area contributed by atoms with Gasteiger partial charge in [0.05, 0.1) is 13.0 Å². The maximum absolute atomic E-state index is 11.5. The molecule has 2 amide bonds. The van der Waals surface area contributed by atoms with E-state index in [4.69, 9.17) is 5.11 Å². The topological polar surface area (TPSA) is 109 Å². The molecule has 0 radical (unpaired) electrons. The Hall–Kier alpha value is -2.12. The zero-order chi connectivity index (χ0) is 13.5. The van der Waals surface area contributed by atoms with Crippen LogP contribution in [0.4, 0.5) is 4.79 Å². The van der Waals surface area contributed by atoms with Crippen LogP contribution in [0, 0.1) is 0 Å². The first-order valence-corrected chi connectivity index (χ1v) is 5.65. The Morgan fingerprint density at radius 3 is 2.89 bits per heavy atom. The van der Waals surface area contributed by atoms with E-state index < -0.39 is 18.0 Å². The van der Waals surface area contributed by atoms with E-state index in [-0.39, 0.29) is 13.0 Å². The SMILES string of the molecule is CCn1cnnc1CNC(=O)NC(C)CC(=O)O. The first kappa shape index (κ1) is 13.9. The van der Waals surface area contributed by atoms with Gasteiger partial charge in [-0.2, -0.15) is 0 Å². The van der Waals surface area contributed by atoms with E-state index >= 15 is 0 Å². The lowest BCUT2D eigenvalue weighted by atomic mass is 10.2. The Morgan fingerprint density at radius 1 is 1.56 bits per heavy atom. The van der Waals surface area contributed by atoms with Crippen LogP contribution in [0.1, 0.15) is 26.1 Å². The van der Waals surface area contributed by atoms with Crippen LogP contribution in [0.2, 0.25) is 0 Å². The monoisotopic (exact) mass is 255 g/mol. The second kappa shape index (κ2) is 6.58. The van der Waals surface area contributed by atoms with Gasteiger partial charge >= 0.3 is 12.0 Å². The lowest BCUT2D eigenvalue weighted by Crippen LogP contribution is -2.41. The van der Waals surface area contributed by atoms with Crippen molar-refractivity contribution in [2.75, 3.05) is 0 Å². The molecule has 0 aliphatic heterocycles. The lowest BCUT2D eigenvalue weighted by molar-refractivity contribution is -0.137. The molecule has 1 unspecified atom stereocenters. The van der Waals surface area contributed by atoms with Gasteiger partial charge in [-0.1, -0.05) is 0 Å². The minimum Gasteiger partial charge on any atom is -0.481 e. The molecule has 100 valence electrons. The first-order valence-electron chi connectivity index (χ1n) is 5.65. The van der Waals surface area contributed by atoms with Gasteiger partial charge in [0.15, 0.2) is 5.82 Å². The summed E-state index contributed by atoms with van der Waals surface area (Å²) in [7, 11) is 0. The fourth-order valence-electron chi connectivity index (χ4n) is 1.43. The summed E-state index contributed by atoms with van der Waals surface area (Å²) < 4.78 is 1.81. The van der Waals surface area contributed by atoms with E-state index in [9.17, 15) is 9.59 Å². The highest BCUT2D eigenvalue weighted by Gasteiger charge is 2.11. The van der Waals surface area contributed by atoms with Crippen molar-refractivity contribution in [3.63, 3.8) is 0 Å². The number of hydrogen-bond acceptors (Lipinski definition) is 4. The normalized spacial score (nSPS) is 11.9. The zero-order valence-electron chi connectivity index (χ0n) is 10.4. The maximum Gasteiger partial charge on any atom is 0.315 e. The van der Waals surface area contributed by atoms with Crippen LogP contribution in [0.5, 0.6) is 0 Å². The van der Waals surface area contributed by atoms with Crippen molar-refractivity contribution < 1.29 is 14.7 Å². The van der Waals surface area contributed by atoms with Crippen LogP contribution < -0.4 is 10.6 Å². The number of rotatable bonds is 6. The molecule has 0 aromatic carbocycles. The van der Waals surface area contributed by atoms with Crippen molar-refractivity contribution in [3.05, 3.63) is 12.2 Å². The van der Waals surface area contributed by atoms with Crippen molar-refractivity contribution in [2.45, 2.75) is 39.4 Å². The average molecular weight is 255 g/mol. The summed E-state index contributed by atoms with van der Waals surface area (Å²) in [5.74, 6) is -0.299. The molecule has 8 nitrogen and oxygen atoms in total. The molecule has 1 atom stereocenters. The summed E-state index contributed by atoms with van der Waals surface area (Å²) in [6.45, 7) is 4.55. The van der Waals surface area contributed by atoms with Crippen LogP contribution in [-0.2, 0) is 17.9 Å². The van der Waals surface area contributed by atoms with Gasteiger partial charge < -0.3 is 20.3 Å². The number of aryl methyl sites for hydroxylation is 1. The van der Waals surface area contributed by atoms with Gasteiger partial charge in [-0.15, -0.1) is 10.2 Å². The van der Waals surface area contributed by atoms with Crippen LogP contribution in [-0.4, -0.2) is 37.9 Å². The number of nitrogens with zero attached hydrogens (tertiary/aromatic N) is 3. The number of hydrogen-bond donors (Lipinski definition) is 3. The minimum atomic E-state index is -0.950. The molecular weight excluding hydrogens is 238 g/mol. The molecule has 0 bridgehead atoms. The Balaban J connectivity index is 2.35. The molecule has 0 saturated carbocycles. The summed E-state index contributed by atoms with van der Waals surface area (Å²) >= 11 is 0. The van der Waals surface area contributed by atoms with E-state index in [1.807, 2.05) is 6.92 Å². The molecule has 0 saturated heterocycles. The van der Waals surface area contributed by atoms with Gasteiger partial charge in [-0.3, -0.25) is 4.79 Å². The number of aromatic nitrogens is 3. The minimum absolute atomic E-state index is 0.113. The number of amides is 2. The molecule has 1 aromatic rings. The second-order valence-electron chi connectivity index (χ2n) is 3.86. The molecule has 18 heavy (non-hydrogen) atoms. The molecule has 8 heteroatoms. The Kier molecular flexibility index (Phi) is 5.09. The van der Waals surface area contributed by atoms with E-state index in [0.29, 0.717) is 5.82 Å². The predicted molar refractivity (Wildman–Crippen MR) is 62.8 cm³/mol. The number of nitrogens with one attached hydrogen (secondary N) is 2. The number of carboxylic acids is 1. The van der Waals surface area contributed by atoms with Gasteiger partial charge in [-0.05, 0) is 13.8 Å². The molecule has 1 rings (SSSR count). The van der Waals surface area contributed by atoms with Crippen molar-refractivity contribution in [1.29, 1.82) is 0 Å². The van der Waals surface area contributed by atoms with Gasteiger partial charge in [0.1, 0.15) is 6.33 Å². The molecule has 0 aliphatic rings. The highest BCUT2D eigenvalue weighted by atomic mass is 16.4. The highest BCUT2D eigenvalue weighted by molar-refractivity contribution is 5.75. The first-order chi connectivity index (χ1) is 8.52. The van der Waals surface area contributed by atoms with Crippen LogP contribution in [0.15, 0.2) is 6.33 Å². The predicted octanol–water partition coefficient (Wildman–Crippen LogP) is -0.0396. The summed E-state index contributed by atoms with van der Waals surface area (Å²) in [5, 5.41) is 21.3. The quantitative estimate of drug-likeness (QED) is 0.660. The molecular formula is C10H17N5O3. The standard InChI is InChI=1S/C10H17N5O3/c1-3-15-6-12-14-8(15)5-11-10(18)13-7(2)4-9(16)17/h6-7H,3-5H2,1-2H3,(H,16,17)(H2,11,13,18). The molecule has 1 aromatic heterocycles. The van der Waals surface area contributed by atoms with E-state index in [2.05, 4.69) is 20.8 Å². The zero-order valence-corrected chi connectivity index (χ0v) is 10.4. The van der Waals surface area contributed by atoms with Crippen LogP contribution in [0.25, 0.3) is 0 Å². The highest BCUT2D eigenvalue weighted by Crippen LogP contribution is 1.94. The third-order valence-electron chi connectivity index (χ3n) is 2.30. The summed E-state index contributed by atoms with van der Waals surface area (Å²) in [4.78, 5) is 21.9. The van der Waals surface area contributed by atoms with Crippen molar-refractivity contribution in [2.24, 2.45) is 0 Å². The molecule has 3 N–H and O–H groups in total. The van der Waals surface area contributed by atoms with Gasteiger partial charge in [0.2, 0.25) is 0 Å². The molecule has 0 aliphatic carbocycles. The second-order valence-corrected chi connectivity index (χ2v) is 3.86. The Labute approximate surface area is 104 Å². The number of carboxylic acid groups (broad SMARTS) is 1. The smallest absolute Gasteiger partial charge is 0.315 e. The van der Waals surface area contributed by atoms with Crippen LogP contribution in [0.3, 0.4) is 0 Å². The number of carbonyl (C=O) groups excluding carboxylic acids is 1. The molecule has 1 heterocycles. The van der Waals surface area contributed by atoms with E-state index in [1.165, 1.54) is 0 Å². The van der Waals surface area contributed by atoms with Crippen molar-refractivity contribution >= 4 is 12.0 Å². The Morgan fingerprint density at radius 2 is 2.28 bits per heavy atom. The summed E-state index contributed by atoms with van der Waals surface area (Å²) in [6, 6.07) is -0.846. The van der Waals surface area contributed by atoms with Crippen molar-refractivity contribution in [3.8, 4) is 0 Å². The Bertz CT molecular complexity index is 417. The molecule has 0 spiro atoms. The number of aliphatic carboxylic acids is 1. The summed E-state index contributed by atoms with van der Waals surface area (Å²) in [5.41, 5.74) is 0. The third kappa shape index (κ3) is 4.40.